The van der Waals surface area contributed by atoms with Crippen molar-refractivity contribution < 1.29 is 14.4 Å². The largest absolute Gasteiger partial charge is 0.322 e. The van der Waals surface area contributed by atoms with Gasteiger partial charge in [0.1, 0.15) is 0 Å². The highest BCUT2D eigenvalue weighted by Gasteiger charge is 2.15. The van der Waals surface area contributed by atoms with Crippen LogP contribution in [0.4, 0.5) is 5.69 Å². The summed E-state index contributed by atoms with van der Waals surface area (Å²) < 4.78 is 0.806. The number of hydrogen-bond acceptors (Lipinski definition) is 4. The Morgan fingerprint density at radius 1 is 0.750 bits per heavy atom. The molecule has 9 heteroatoms. The number of hydrogen-bond donors (Lipinski definition) is 4. The van der Waals surface area contributed by atoms with Crippen molar-refractivity contribution in [3.63, 3.8) is 0 Å². The first-order valence-corrected chi connectivity index (χ1v) is 12.3. The monoisotopic (exact) mass is 566 g/mol. The highest BCUT2D eigenvalue weighted by Crippen LogP contribution is 2.22. The average Bonchev–Trinajstić information content (AvgIpc) is 2.84. The summed E-state index contributed by atoms with van der Waals surface area (Å²) in [5, 5.41) is 5.28. The molecule has 3 amide bonds. The van der Waals surface area contributed by atoms with Gasteiger partial charge in [-0.15, -0.1) is 0 Å². The smallest absolute Gasteiger partial charge is 0.269 e. The lowest BCUT2D eigenvalue weighted by molar-refractivity contribution is 0.0934. The van der Waals surface area contributed by atoms with E-state index in [0.29, 0.717) is 22.4 Å². The highest BCUT2D eigenvalue weighted by molar-refractivity contribution is 9.10. The zero-order chi connectivity index (χ0) is 26.5. The van der Waals surface area contributed by atoms with Crippen LogP contribution in [0, 0.1) is 6.92 Å². The molecule has 7 nitrogen and oxygen atoms in total. The number of aryl methyl sites for hydroxylation is 1. The number of anilines is 1. The minimum absolute atomic E-state index is 0.00804. The predicted octanol–water partition coefficient (Wildman–Crippen LogP) is 5.26. The van der Waals surface area contributed by atoms with Crippen molar-refractivity contribution in [2.45, 2.75) is 33.1 Å². The van der Waals surface area contributed by atoms with Crippen molar-refractivity contribution in [1.82, 2.24) is 16.2 Å². The average molecular weight is 568 g/mol. The van der Waals surface area contributed by atoms with Crippen molar-refractivity contribution in [3.05, 3.63) is 99.0 Å². The van der Waals surface area contributed by atoms with Crippen LogP contribution in [-0.4, -0.2) is 22.8 Å². The van der Waals surface area contributed by atoms with Gasteiger partial charge >= 0.3 is 0 Å². The van der Waals surface area contributed by atoms with Gasteiger partial charge in [-0.1, -0.05) is 54.9 Å². The molecule has 3 aromatic rings. The van der Waals surface area contributed by atoms with Gasteiger partial charge in [0.2, 0.25) is 0 Å². The molecular weight excluding hydrogens is 540 g/mol. The molecular formula is C27H27BrN4O3S. The number of hydrazine groups is 1. The Balaban J connectivity index is 1.51. The second-order valence-corrected chi connectivity index (χ2v) is 10.4. The molecule has 4 N–H and O–H groups in total. The topological polar surface area (TPSA) is 99.3 Å². The lowest BCUT2D eigenvalue weighted by Gasteiger charge is -2.19. The summed E-state index contributed by atoms with van der Waals surface area (Å²) in [4.78, 5) is 37.3. The highest BCUT2D eigenvalue weighted by atomic mass is 79.9. The molecule has 0 atom stereocenters. The normalized spacial score (nSPS) is 10.8. The van der Waals surface area contributed by atoms with Gasteiger partial charge in [-0.2, -0.15) is 0 Å². The molecule has 0 aliphatic heterocycles. The Morgan fingerprint density at radius 3 is 1.89 bits per heavy atom. The number of carbonyl (C=O) groups is 3. The maximum atomic E-state index is 12.5. The van der Waals surface area contributed by atoms with Crippen LogP contribution in [0.5, 0.6) is 0 Å². The van der Waals surface area contributed by atoms with Crippen molar-refractivity contribution in [2.75, 3.05) is 5.32 Å². The first-order valence-electron chi connectivity index (χ1n) is 11.1. The second kappa shape index (κ2) is 11.5. The van der Waals surface area contributed by atoms with E-state index in [-0.39, 0.29) is 16.4 Å². The summed E-state index contributed by atoms with van der Waals surface area (Å²) >= 11 is 8.47. The number of amides is 3. The third-order valence-electron chi connectivity index (χ3n) is 5.37. The van der Waals surface area contributed by atoms with E-state index in [9.17, 15) is 14.4 Å². The minimum atomic E-state index is -0.458. The lowest BCUT2D eigenvalue weighted by Crippen LogP contribution is -2.48. The molecule has 0 radical (unpaired) electrons. The first-order chi connectivity index (χ1) is 16.9. The number of benzene rings is 3. The summed E-state index contributed by atoms with van der Waals surface area (Å²) in [6, 6.07) is 19.1. The van der Waals surface area contributed by atoms with Gasteiger partial charge in [0.15, 0.2) is 5.11 Å². The van der Waals surface area contributed by atoms with Gasteiger partial charge in [-0.05, 0) is 84.2 Å². The third kappa shape index (κ3) is 7.22. The number of rotatable bonds is 4. The van der Waals surface area contributed by atoms with Crippen LogP contribution in [0.1, 0.15) is 63.0 Å². The fourth-order valence-electron chi connectivity index (χ4n) is 3.16. The SMILES string of the molecule is Cc1ccc(C(=O)NC(=S)NNC(=O)c2ccc(NC(=O)c3ccc(C(C)(C)C)cc3)cc2)cc1Br. The van der Waals surface area contributed by atoms with Gasteiger partial charge in [-0.3, -0.25) is 30.6 Å². The van der Waals surface area contributed by atoms with Crippen molar-refractivity contribution in [3.8, 4) is 0 Å². The predicted molar refractivity (Wildman–Crippen MR) is 149 cm³/mol. The zero-order valence-electron chi connectivity index (χ0n) is 20.4. The van der Waals surface area contributed by atoms with Gasteiger partial charge in [0.05, 0.1) is 0 Å². The molecule has 0 saturated heterocycles. The quantitative estimate of drug-likeness (QED) is 0.255. The van der Waals surface area contributed by atoms with Crippen LogP contribution in [0.3, 0.4) is 0 Å². The molecule has 3 rings (SSSR count). The van der Waals surface area contributed by atoms with Crippen LogP contribution in [0.2, 0.25) is 0 Å². The molecule has 0 heterocycles. The molecule has 36 heavy (non-hydrogen) atoms. The Hall–Kier alpha value is -3.56. The maximum absolute atomic E-state index is 12.5. The van der Waals surface area contributed by atoms with Crippen molar-refractivity contribution in [1.29, 1.82) is 0 Å². The van der Waals surface area contributed by atoms with E-state index in [0.717, 1.165) is 15.6 Å². The third-order valence-corrected chi connectivity index (χ3v) is 6.43. The minimum Gasteiger partial charge on any atom is -0.322 e. The summed E-state index contributed by atoms with van der Waals surface area (Å²) in [6.07, 6.45) is 0. The molecule has 0 aliphatic carbocycles. The summed E-state index contributed by atoms with van der Waals surface area (Å²) in [6.45, 7) is 8.26. The van der Waals surface area contributed by atoms with E-state index in [2.05, 4.69) is 58.2 Å². The van der Waals surface area contributed by atoms with E-state index in [1.165, 1.54) is 0 Å². The van der Waals surface area contributed by atoms with E-state index in [4.69, 9.17) is 12.2 Å². The van der Waals surface area contributed by atoms with Crippen LogP contribution in [0.15, 0.2) is 71.2 Å². The number of thiocarbonyl (C=S) groups is 1. The van der Waals surface area contributed by atoms with E-state index >= 15 is 0 Å². The van der Waals surface area contributed by atoms with Crippen LogP contribution >= 0.6 is 28.1 Å². The fourth-order valence-corrected chi connectivity index (χ4v) is 3.68. The number of nitrogens with one attached hydrogen (secondary N) is 4. The van der Waals surface area contributed by atoms with E-state index in [1.807, 2.05) is 25.1 Å². The molecule has 3 aromatic carbocycles. The number of halogens is 1. The molecule has 0 aliphatic rings. The van der Waals surface area contributed by atoms with Gasteiger partial charge in [-0.25, -0.2) is 0 Å². The Morgan fingerprint density at radius 2 is 1.31 bits per heavy atom. The Kier molecular flexibility index (Phi) is 8.60. The summed E-state index contributed by atoms with van der Waals surface area (Å²) in [7, 11) is 0. The molecule has 0 bridgehead atoms. The molecule has 0 fully saturated rings. The van der Waals surface area contributed by atoms with Crippen molar-refractivity contribution >= 4 is 56.7 Å². The van der Waals surface area contributed by atoms with Crippen LogP contribution in [-0.2, 0) is 5.41 Å². The molecule has 186 valence electrons. The fraction of sp³-hybridized carbons (Fsp3) is 0.185. The Bertz CT molecular complexity index is 1300. The van der Waals surface area contributed by atoms with Crippen LogP contribution in [0.25, 0.3) is 0 Å². The molecule has 0 spiro atoms. The Labute approximate surface area is 224 Å². The first kappa shape index (κ1) is 27.0. The van der Waals surface area contributed by atoms with Crippen LogP contribution < -0.4 is 21.5 Å². The summed E-state index contributed by atoms with van der Waals surface area (Å²) in [5.74, 6) is -1.10. The van der Waals surface area contributed by atoms with Crippen molar-refractivity contribution in [2.24, 2.45) is 0 Å². The lowest BCUT2D eigenvalue weighted by atomic mass is 9.87. The molecule has 0 aromatic heterocycles. The zero-order valence-corrected chi connectivity index (χ0v) is 22.8. The molecule has 0 saturated carbocycles. The van der Waals surface area contributed by atoms with Gasteiger partial charge < -0.3 is 5.32 Å². The standard InChI is InChI=1S/C27H27BrN4O3S/c1-16-5-6-19(15-22(16)28)24(34)30-26(36)32-31-25(35)18-9-13-21(14-10-18)29-23(33)17-7-11-20(12-8-17)27(2,3)4/h5-15H,1-4H3,(H,29,33)(H,31,35)(H2,30,32,34,36). The number of carbonyl (C=O) groups excluding carboxylic acids is 3. The van der Waals surface area contributed by atoms with E-state index in [1.54, 1.807) is 48.5 Å². The molecule has 0 unspecified atom stereocenters. The maximum Gasteiger partial charge on any atom is 0.269 e. The second-order valence-electron chi connectivity index (χ2n) is 9.19. The van der Waals surface area contributed by atoms with E-state index < -0.39 is 11.8 Å². The van der Waals surface area contributed by atoms with Gasteiger partial charge in [0.25, 0.3) is 17.7 Å². The van der Waals surface area contributed by atoms with Gasteiger partial charge in [0, 0.05) is 26.9 Å². The summed E-state index contributed by atoms with van der Waals surface area (Å²) in [5.41, 5.74) is 8.96.